The van der Waals surface area contributed by atoms with E-state index in [0.29, 0.717) is 11.8 Å². The van der Waals surface area contributed by atoms with Crippen LogP contribution in [0.5, 0.6) is 0 Å². The van der Waals surface area contributed by atoms with Gasteiger partial charge in [-0.3, -0.25) is 0 Å². The molecule has 2 atom stereocenters. The number of hydrogen-bond acceptors (Lipinski definition) is 5. The molecule has 5 nitrogen and oxygen atoms in total. The zero-order valence-corrected chi connectivity index (χ0v) is 10.7. The number of fused-ring (bicyclic) bond motifs is 1. The molecule has 2 aromatic rings. The molecule has 1 fully saturated rings. The van der Waals surface area contributed by atoms with Crippen molar-refractivity contribution in [1.29, 1.82) is 0 Å². The van der Waals surface area contributed by atoms with Crippen molar-refractivity contribution in [2.24, 2.45) is 0 Å². The molecule has 5 heteroatoms. The van der Waals surface area contributed by atoms with E-state index in [4.69, 9.17) is 5.73 Å². The number of aromatic nitrogens is 2. The number of nitrogens with two attached hydrogens (primary N) is 1. The zero-order chi connectivity index (χ0) is 13.2. The Bertz CT molecular complexity index is 587. The third kappa shape index (κ3) is 2.46. The molecule has 1 aliphatic carbocycles. The molecule has 0 spiro atoms. The second-order valence-corrected chi connectivity index (χ2v) is 5.05. The summed E-state index contributed by atoms with van der Waals surface area (Å²) in [5, 5.41) is 14.0. The standard InChI is InChI=1S/C14H18N4O/c15-13-9-5-1-2-6-10(9)16-14(18-13)17-11-7-3-4-8-12(11)19/h1-2,5-6,11-12,19H,3-4,7-8H2,(H3,15,16,17,18)/t11-,12-/m0/s1. The van der Waals surface area contributed by atoms with Crippen LogP contribution in [-0.2, 0) is 0 Å². The Morgan fingerprint density at radius 3 is 2.79 bits per heavy atom. The fourth-order valence-corrected chi connectivity index (χ4v) is 2.61. The molecule has 19 heavy (non-hydrogen) atoms. The van der Waals surface area contributed by atoms with Gasteiger partial charge in [-0.05, 0) is 25.0 Å². The molecule has 1 heterocycles. The molecule has 0 unspecified atom stereocenters. The van der Waals surface area contributed by atoms with Crippen LogP contribution in [0, 0.1) is 0 Å². The first-order valence-corrected chi connectivity index (χ1v) is 6.71. The zero-order valence-electron chi connectivity index (χ0n) is 10.7. The topological polar surface area (TPSA) is 84.1 Å². The van der Waals surface area contributed by atoms with Crippen molar-refractivity contribution >= 4 is 22.7 Å². The minimum atomic E-state index is -0.329. The third-order valence-corrected chi connectivity index (χ3v) is 3.68. The second kappa shape index (κ2) is 5.01. The monoisotopic (exact) mass is 258 g/mol. The molecular formula is C14H18N4O. The maximum absolute atomic E-state index is 9.96. The Hall–Kier alpha value is -1.88. The maximum Gasteiger partial charge on any atom is 0.225 e. The summed E-state index contributed by atoms with van der Waals surface area (Å²) in [6.45, 7) is 0. The first kappa shape index (κ1) is 12.2. The van der Waals surface area contributed by atoms with Crippen molar-refractivity contribution < 1.29 is 5.11 Å². The highest BCUT2D eigenvalue weighted by molar-refractivity contribution is 5.88. The van der Waals surface area contributed by atoms with Crippen molar-refractivity contribution in [3.8, 4) is 0 Å². The van der Waals surface area contributed by atoms with Crippen LogP contribution in [0.25, 0.3) is 10.9 Å². The number of benzene rings is 1. The summed E-state index contributed by atoms with van der Waals surface area (Å²) in [6.07, 6.45) is 3.65. The Morgan fingerprint density at radius 1 is 1.16 bits per heavy atom. The highest BCUT2D eigenvalue weighted by Crippen LogP contribution is 2.23. The van der Waals surface area contributed by atoms with Gasteiger partial charge in [-0.25, -0.2) is 4.98 Å². The van der Waals surface area contributed by atoms with Gasteiger partial charge in [0, 0.05) is 5.39 Å². The summed E-state index contributed by atoms with van der Waals surface area (Å²) in [5.41, 5.74) is 6.77. The molecule has 0 aliphatic heterocycles. The molecule has 1 aliphatic rings. The van der Waals surface area contributed by atoms with Crippen molar-refractivity contribution in [2.75, 3.05) is 11.1 Å². The summed E-state index contributed by atoms with van der Waals surface area (Å²) < 4.78 is 0. The van der Waals surface area contributed by atoms with E-state index in [0.717, 1.165) is 36.6 Å². The van der Waals surface area contributed by atoms with Gasteiger partial charge in [0.25, 0.3) is 0 Å². The van der Waals surface area contributed by atoms with E-state index < -0.39 is 0 Å². The molecule has 1 aromatic carbocycles. The van der Waals surface area contributed by atoms with Crippen LogP contribution in [0.3, 0.4) is 0 Å². The van der Waals surface area contributed by atoms with Crippen LogP contribution < -0.4 is 11.1 Å². The van der Waals surface area contributed by atoms with Crippen LogP contribution in [0.4, 0.5) is 11.8 Å². The molecule has 0 radical (unpaired) electrons. The van der Waals surface area contributed by atoms with Crippen LogP contribution >= 0.6 is 0 Å². The van der Waals surface area contributed by atoms with E-state index in [1.165, 1.54) is 0 Å². The normalized spacial score (nSPS) is 23.4. The van der Waals surface area contributed by atoms with Crippen LogP contribution in [0.1, 0.15) is 25.7 Å². The van der Waals surface area contributed by atoms with E-state index in [1.54, 1.807) is 0 Å². The van der Waals surface area contributed by atoms with E-state index in [1.807, 2.05) is 24.3 Å². The lowest BCUT2D eigenvalue weighted by Crippen LogP contribution is -2.36. The molecule has 1 aromatic heterocycles. The number of aliphatic hydroxyl groups excluding tert-OH is 1. The van der Waals surface area contributed by atoms with Gasteiger partial charge in [-0.2, -0.15) is 4.98 Å². The SMILES string of the molecule is Nc1nc(N[C@H]2CCCC[C@@H]2O)nc2ccccc12. The Morgan fingerprint density at radius 2 is 1.95 bits per heavy atom. The average molecular weight is 258 g/mol. The van der Waals surface area contributed by atoms with Crippen molar-refractivity contribution in [2.45, 2.75) is 37.8 Å². The third-order valence-electron chi connectivity index (χ3n) is 3.68. The largest absolute Gasteiger partial charge is 0.391 e. The van der Waals surface area contributed by atoms with Gasteiger partial charge in [0.1, 0.15) is 5.82 Å². The van der Waals surface area contributed by atoms with E-state index >= 15 is 0 Å². The number of aliphatic hydroxyl groups is 1. The number of anilines is 2. The highest BCUT2D eigenvalue weighted by Gasteiger charge is 2.23. The molecule has 3 rings (SSSR count). The summed E-state index contributed by atoms with van der Waals surface area (Å²) >= 11 is 0. The molecular weight excluding hydrogens is 240 g/mol. The number of nitrogens with one attached hydrogen (secondary N) is 1. The van der Waals surface area contributed by atoms with Gasteiger partial charge in [0.2, 0.25) is 5.95 Å². The van der Waals surface area contributed by atoms with E-state index in [2.05, 4.69) is 15.3 Å². The number of nitrogen functional groups attached to an aromatic ring is 1. The number of rotatable bonds is 2. The predicted octanol–water partition coefficient (Wildman–Crippen LogP) is 1.93. The number of hydrogen-bond donors (Lipinski definition) is 3. The fraction of sp³-hybridized carbons (Fsp3) is 0.429. The average Bonchev–Trinajstić information content (AvgIpc) is 2.42. The van der Waals surface area contributed by atoms with Crippen molar-refractivity contribution in [1.82, 2.24) is 9.97 Å². The van der Waals surface area contributed by atoms with Crippen LogP contribution in [0.15, 0.2) is 24.3 Å². The van der Waals surface area contributed by atoms with Crippen LogP contribution in [-0.4, -0.2) is 27.2 Å². The van der Waals surface area contributed by atoms with Crippen LogP contribution in [0.2, 0.25) is 0 Å². The van der Waals surface area contributed by atoms with Gasteiger partial charge in [0.05, 0.1) is 17.7 Å². The first-order valence-electron chi connectivity index (χ1n) is 6.71. The molecule has 0 bridgehead atoms. The van der Waals surface area contributed by atoms with Gasteiger partial charge in [-0.1, -0.05) is 25.0 Å². The Labute approximate surface area is 111 Å². The summed E-state index contributed by atoms with van der Waals surface area (Å²) in [7, 11) is 0. The molecule has 0 saturated heterocycles. The molecule has 100 valence electrons. The predicted molar refractivity (Wildman–Crippen MR) is 75.8 cm³/mol. The quantitative estimate of drug-likeness (QED) is 0.766. The van der Waals surface area contributed by atoms with Crippen molar-refractivity contribution in [3.63, 3.8) is 0 Å². The van der Waals surface area contributed by atoms with Gasteiger partial charge >= 0.3 is 0 Å². The second-order valence-electron chi connectivity index (χ2n) is 5.05. The van der Waals surface area contributed by atoms with Crippen molar-refractivity contribution in [3.05, 3.63) is 24.3 Å². The minimum Gasteiger partial charge on any atom is -0.391 e. The number of para-hydroxylation sites is 1. The minimum absolute atomic E-state index is 0.0225. The van der Waals surface area contributed by atoms with Gasteiger partial charge < -0.3 is 16.2 Å². The Balaban J connectivity index is 1.88. The number of nitrogens with zero attached hydrogens (tertiary/aromatic N) is 2. The van der Waals surface area contributed by atoms with Gasteiger partial charge in [0.15, 0.2) is 0 Å². The summed E-state index contributed by atoms with van der Waals surface area (Å²) in [4.78, 5) is 8.73. The summed E-state index contributed by atoms with van der Waals surface area (Å²) in [5.74, 6) is 0.973. The fourth-order valence-electron chi connectivity index (χ4n) is 2.61. The molecule has 4 N–H and O–H groups in total. The van der Waals surface area contributed by atoms with E-state index in [9.17, 15) is 5.11 Å². The molecule has 0 amide bonds. The molecule has 1 saturated carbocycles. The smallest absolute Gasteiger partial charge is 0.225 e. The summed E-state index contributed by atoms with van der Waals surface area (Å²) in [6, 6.07) is 7.68. The Kier molecular flexibility index (Phi) is 3.21. The van der Waals surface area contributed by atoms with E-state index in [-0.39, 0.29) is 12.1 Å². The maximum atomic E-state index is 9.96. The lowest BCUT2D eigenvalue weighted by molar-refractivity contribution is 0.116. The highest BCUT2D eigenvalue weighted by atomic mass is 16.3. The first-order chi connectivity index (χ1) is 9.24. The lowest BCUT2D eigenvalue weighted by atomic mass is 9.93. The van der Waals surface area contributed by atoms with Gasteiger partial charge in [-0.15, -0.1) is 0 Å². The lowest BCUT2D eigenvalue weighted by Gasteiger charge is -2.28.